The molecule has 0 N–H and O–H groups in total. The van der Waals surface area contributed by atoms with Crippen LogP contribution >= 0.6 is 0 Å². The van der Waals surface area contributed by atoms with Crippen molar-refractivity contribution in [2.24, 2.45) is 0 Å². The van der Waals surface area contributed by atoms with E-state index < -0.39 is 30.2 Å². The van der Waals surface area contributed by atoms with Gasteiger partial charge in [-0.2, -0.15) is 0 Å². The van der Waals surface area contributed by atoms with Gasteiger partial charge < -0.3 is 0 Å². The van der Waals surface area contributed by atoms with Crippen LogP contribution in [0.3, 0.4) is 0 Å². The molecular weight excluding hydrogens is 510 g/mol. The van der Waals surface area contributed by atoms with Crippen LogP contribution in [0.1, 0.15) is 52.6 Å². The van der Waals surface area contributed by atoms with Gasteiger partial charge in [-0.3, -0.25) is 0 Å². The van der Waals surface area contributed by atoms with Gasteiger partial charge in [0, 0.05) is 0 Å². The zero-order valence-electron chi connectivity index (χ0n) is 18.7. The van der Waals surface area contributed by atoms with Crippen molar-refractivity contribution in [2.75, 3.05) is 0 Å². The van der Waals surface area contributed by atoms with Gasteiger partial charge in [-0.05, 0) is 0 Å². The van der Waals surface area contributed by atoms with Crippen molar-refractivity contribution in [1.29, 1.82) is 0 Å². The SMILES string of the molecule is C=Cc1ccc(C(=O)[O][Sb](/[CH]=C/C)(/[CH]=C/C)(/[CH]=C/C)[O]C(=O)c2ccc(C=C)cc2)cc1. The second-order valence-electron chi connectivity index (χ2n) is 7.01. The Morgan fingerprint density at radius 1 is 0.656 bits per heavy atom. The van der Waals surface area contributed by atoms with Crippen molar-refractivity contribution in [3.05, 3.63) is 114 Å². The van der Waals surface area contributed by atoms with Crippen LogP contribution in [0.5, 0.6) is 0 Å². The first-order chi connectivity index (χ1) is 15.3. The van der Waals surface area contributed by atoms with Crippen molar-refractivity contribution in [1.82, 2.24) is 0 Å². The van der Waals surface area contributed by atoms with Crippen LogP contribution in [-0.4, -0.2) is 30.2 Å². The molecule has 2 rings (SSSR count). The molecule has 2 aromatic carbocycles. The average Bonchev–Trinajstić information content (AvgIpc) is 2.79. The molecule has 4 nitrogen and oxygen atoms in total. The number of allylic oxidation sites excluding steroid dienone is 3. The molecule has 0 amide bonds. The van der Waals surface area contributed by atoms with Crippen molar-refractivity contribution >= 4 is 42.3 Å². The van der Waals surface area contributed by atoms with Gasteiger partial charge in [-0.15, -0.1) is 0 Å². The number of hydrogen-bond acceptors (Lipinski definition) is 4. The molecule has 0 aliphatic rings. The summed E-state index contributed by atoms with van der Waals surface area (Å²) in [6.45, 7) is 12.9. The van der Waals surface area contributed by atoms with Crippen LogP contribution in [0.2, 0.25) is 0 Å². The first-order valence-electron chi connectivity index (χ1n) is 10.2. The second kappa shape index (κ2) is 11.0. The van der Waals surface area contributed by atoms with E-state index in [0.717, 1.165) is 11.1 Å². The van der Waals surface area contributed by atoms with Crippen LogP contribution in [0.15, 0.2) is 92.0 Å². The number of carbonyl (C=O) groups excluding carboxylic acids is 2. The number of rotatable bonds is 9. The molecule has 0 radical (unpaired) electrons. The molecule has 32 heavy (non-hydrogen) atoms. The van der Waals surface area contributed by atoms with E-state index in [1.807, 2.05) is 0 Å². The summed E-state index contributed by atoms with van der Waals surface area (Å²) < 4.78 is 17.5. The van der Waals surface area contributed by atoms with E-state index >= 15 is 0 Å². The quantitative estimate of drug-likeness (QED) is 0.332. The minimum absolute atomic E-state index is 0.360. The van der Waals surface area contributed by atoms with Crippen LogP contribution in [0.4, 0.5) is 0 Å². The van der Waals surface area contributed by atoms with Gasteiger partial charge in [0.25, 0.3) is 0 Å². The van der Waals surface area contributed by atoms with E-state index in [9.17, 15) is 9.59 Å². The van der Waals surface area contributed by atoms with E-state index in [0.29, 0.717) is 11.1 Å². The van der Waals surface area contributed by atoms with Gasteiger partial charge in [-0.25, -0.2) is 0 Å². The normalized spacial score (nSPS) is 13.0. The van der Waals surface area contributed by atoms with Gasteiger partial charge in [-0.1, -0.05) is 0 Å². The Labute approximate surface area is 192 Å². The molecule has 0 aliphatic heterocycles. The minimum atomic E-state index is -5.19. The summed E-state index contributed by atoms with van der Waals surface area (Å²) in [6, 6.07) is 13.8. The fraction of sp³-hybridized carbons (Fsp3) is 0.111. The summed E-state index contributed by atoms with van der Waals surface area (Å²) in [5, 5.41) is 0. The fourth-order valence-corrected chi connectivity index (χ4v) is 12.9. The summed E-state index contributed by atoms with van der Waals surface area (Å²) in [7, 11) is 0. The van der Waals surface area contributed by atoms with Crippen molar-refractivity contribution < 1.29 is 15.6 Å². The summed E-state index contributed by atoms with van der Waals surface area (Å²) >= 11 is -5.19. The van der Waals surface area contributed by atoms with Gasteiger partial charge in [0.1, 0.15) is 0 Å². The predicted molar refractivity (Wildman–Crippen MR) is 134 cm³/mol. The summed E-state index contributed by atoms with van der Waals surface area (Å²) in [4.78, 5) is 26.4. The molecule has 0 saturated heterocycles. The molecule has 166 valence electrons. The maximum atomic E-state index is 13.2. The molecule has 0 aromatic heterocycles. The van der Waals surface area contributed by atoms with E-state index in [2.05, 4.69) is 13.2 Å². The third-order valence-corrected chi connectivity index (χ3v) is 15.4. The fourth-order valence-electron chi connectivity index (χ4n) is 3.20. The number of carbonyl (C=O) groups is 2. The van der Waals surface area contributed by atoms with E-state index in [1.165, 1.54) is 0 Å². The molecule has 0 atom stereocenters. The third kappa shape index (κ3) is 5.77. The first-order valence-corrected chi connectivity index (χ1v) is 16.7. The van der Waals surface area contributed by atoms with Crippen molar-refractivity contribution in [3.63, 3.8) is 0 Å². The van der Waals surface area contributed by atoms with Gasteiger partial charge >= 0.3 is 193 Å². The Hall–Kier alpha value is -3.10. The molecule has 0 fully saturated rings. The zero-order chi connectivity index (χ0) is 23.6. The standard InChI is InChI=1S/2C9H8O2.3C3H5.Sb/c2*1-2-7-3-5-8(6-4-7)9(10)11;3*1-3-2;/h2*2-6H,1H2,(H,10,11);3*1,3H,2H3;/q;;;;;+2/p-2. The molecule has 0 aliphatic carbocycles. The van der Waals surface area contributed by atoms with Gasteiger partial charge in [0.15, 0.2) is 0 Å². The van der Waals surface area contributed by atoms with Crippen LogP contribution < -0.4 is 0 Å². The molecule has 0 bridgehead atoms. The molecular formula is C27H29O4Sb. The molecule has 0 heterocycles. The summed E-state index contributed by atoms with van der Waals surface area (Å²) in [5.41, 5.74) is 2.49. The first kappa shape index (κ1) is 25.2. The van der Waals surface area contributed by atoms with Gasteiger partial charge in [0.2, 0.25) is 0 Å². The third-order valence-electron chi connectivity index (χ3n) is 4.65. The van der Waals surface area contributed by atoms with Crippen molar-refractivity contribution in [2.45, 2.75) is 20.8 Å². The van der Waals surface area contributed by atoms with E-state index in [4.69, 9.17) is 6.03 Å². The Morgan fingerprint density at radius 3 is 1.22 bits per heavy atom. The number of hydrogen-bond donors (Lipinski definition) is 0. The second-order valence-corrected chi connectivity index (χ2v) is 17.2. The van der Waals surface area contributed by atoms with Crippen LogP contribution in [-0.2, 0) is 6.03 Å². The molecule has 0 saturated carbocycles. The Bertz CT molecular complexity index is 970. The Kier molecular flexibility index (Phi) is 8.62. The number of benzene rings is 2. The van der Waals surface area contributed by atoms with E-state index in [-0.39, 0.29) is 0 Å². The van der Waals surface area contributed by atoms with E-state index in [1.54, 1.807) is 112 Å². The molecule has 2 aromatic rings. The average molecular weight is 539 g/mol. The van der Waals surface area contributed by atoms with Crippen LogP contribution in [0.25, 0.3) is 12.2 Å². The predicted octanol–water partition coefficient (Wildman–Crippen LogP) is 6.73. The monoisotopic (exact) mass is 538 g/mol. The molecule has 0 unspecified atom stereocenters. The van der Waals surface area contributed by atoms with Gasteiger partial charge in [0.05, 0.1) is 0 Å². The summed E-state index contributed by atoms with van der Waals surface area (Å²) in [6.07, 6.45) is 8.65. The maximum absolute atomic E-state index is 13.2. The molecule has 5 heteroatoms. The van der Waals surface area contributed by atoms with Crippen LogP contribution in [0, 0.1) is 0 Å². The Morgan fingerprint density at radius 2 is 0.969 bits per heavy atom. The molecule has 0 spiro atoms. The summed E-state index contributed by atoms with van der Waals surface area (Å²) in [5.74, 6) is -1.13. The topological polar surface area (TPSA) is 52.6 Å². The zero-order valence-corrected chi connectivity index (χ0v) is 21.3. The van der Waals surface area contributed by atoms with Crippen molar-refractivity contribution in [3.8, 4) is 0 Å². The Balaban J connectivity index is 2.56.